The van der Waals surface area contributed by atoms with E-state index in [2.05, 4.69) is 32.6 Å². The largest absolute Gasteiger partial charge is 0.103 e. The molecule has 0 rings (SSSR count). The van der Waals surface area contributed by atoms with Gasteiger partial charge in [-0.2, -0.15) is 0 Å². The summed E-state index contributed by atoms with van der Waals surface area (Å²) in [6.45, 7) is 21.5. The highest BCUT2D eigenvalue weighted by atomic mass is 13.7. The summed E-state index contributed by atoms with van der Waals surface area (Å²) in [6, 6.07) is 0. The number of hydrogen-bond acceptors (Lipinski definition) is 0. The lowest BCUT2D eigenvalue weighted by Crippen LogP contribution is -1.55. The Morgan fingerprint density at radius 3 is 1.20 bits per heavy atom. The molecule has 0 amide bonds. The summed E-state index contributed by atoms with van der Waals surface area (Å²) in [5, 5.41) is 0. The Morgan fingerprint density at radius 2 is 1.13 bits per heavy atom. The topological polar surface area (TPSA) is 0 Å². The van der Waals surface area contributed by atoms with Crippen LogP contribution in [0.1, 0.15) is 75.2 Å². The van der Waals surface area contributed by atoms with Crippen LogP contribution in [0.3, 0.4) is 0 Å². The molecule has 0 unspecified atom stereocenters. The number of rotatable bonds is 2. The quantitative estimate of drug-likeness (QED) is 0.454. The van der Waals surface area contributed by atoms with Gasteiger partial charge in [-0.3, -0.25) is 0 Å². The van der Waals surface area contributed by atoms with Crippen LogP contribution in [-0.4, -0.2) is 0 Å². The third-order valence-corrected chi connectivity index (χ3v) is 0.691. The predicted molar refractivity (Wildman–Crippen MR) is 79.6 cm³/mol. The minimum absolute atomic E-state index is 1.23. The van der Waals surface area contributed by atoms with Crippen LogP contribution in [-0.2, 0) is 0 Å². The van der Waals surface area contributed by atoms with Crippen LogP contribution in [0.25, 0.3) is 0 Å². The molecule has 0 radical (unpaired) electrons. The van der Waals surface area contributed by atoms with E-state index in [9.17, 15) is 0 Å². The van der Waals surface area contributed by atoms with E-state index >= 15 is 0 Å². The van der Waals surface area contributed by atoms with Gasteiger partial charge in [0.05, 0.1) is 0 Å². The molecule has 0 nitrogen and oxygen atoms in total. The van der Waals surface area contributed by atoms with E-state index in [1.807, 2.05) is 48.5 Å². The smallest absolute Gasteiger partial charge is 0.0353 e. The van der Waals surface area contributed by atoms with Crippen molar-refractivity contribution in [1.82, 2.24) is 0 Å². The second-order valence-electron chi connectivity index (χ2n) is 1.77. The number of unbranched alkanes of at least 4 members (excludes halogenated alkanes) is 1. The molecule has 0 heteroatoms. The van der Waals surface area contributed by atoms with Gasteiger partial charge in [-0.25, -0.2) is 0 Å². The Morgan fingerprint density at radius 1 is 0.867 bits per heavy atom. The van der Waals surface area contributed by atoms with Crippen molar-refractivity contribution in [1.29, 1.82) is 0 Å². The molecule has 96 valence electrons. The summed E-state index contributed by atoms with van der Waals surface area (Å²) >= 11 is 0. The maximum atomic E-state index is 3.36. The molecule has 0 bridgehead atoms. The maximum absolute atomic E-state index is 3.36. The highest BCUT2D eigenvalue weighted by molar-refractivity contribution is 4.75. The van der Waals surface area contributed by atoms with Crippen molar-refractivity contribution in [2.24, 2.45) is 0 Å². The fraction of sp³-hybridized carbons (Fsp3) is 0.733. The molecule has 0 aliphatic carbocycles. The van der Waals surface area contributed by atoms with Crippen molar-refractivity contribution in [3.05, 3.63) is 24.8 Å². The van der Waals surface area contributed by atoms with E-state index in [1.54, 1.807) is 6.08 Å². The van der Waals surface area contributed by atoms with Gasteiger partial charge in [-0.1, -0.05) is 73.1 Å². The standard InChI is InChI=1S/C6H12.C3H6.3C2H6/c1-3-5-6-4-2;1-3-2;3*1-2/h3,5H,4,6H2,1-2H3;3H,1H2,2H3;3*1-2H3. The lowest BCUT2D eigenvalue weighted by Gasteiger charge is -1.76. The fourth-order valence-electron chi connectivity index (χ4n) is 0.333. The average molecular weight is 216 g/mol. The normalized spacial score (nSPS) is 6.20. The zero-order valence-corrected chi connectivity index (χ0v) is 12.9. The molecular weight excluding hydrogens is 180 g/mol. The molecule has 0 fully saturated rings. The molecule has 0 aromatic carbocycles. The molecule has 0 aliphatic heterocycles. The minimum Gasteiger partial charge on any atom is -0.103 e. The van der Waals surface area contributed by atoms with Crippen molar-refractivity contribution in [2.75, 3.05) is 0 Å². The van der Waals surface area contributed by atoms with Crippen molar-refractivity contribution in [3.8, 4) is 0 Å². The molecule has 0 N–H and O–H groups in total. The van der Waals surface area contributed by atoms with E-state index in [-0.39, 0.29) is 0 Å². The third kappa shape index (κ3) is 289. The van der Waals surface area contributed by atoms with Gasteiger partial charge in [0.2, 0.25) is 0 Å². The van der Waals surface area contributed by atoms with Gasteiger partial charge >= 0.3 is 0 Å². The summed E-state index contributed by atoms with van der Waals surface area (Å²) in [4.78, 5) is 0. The van der Waals surface area contributed by atoms with Crippen LogP contribution < -0.4 is 0 Å². The lowest BCUT2D eigenvalue weighted by atomic mass is 10.3. The Balaban J connectivity index is -0.0000000318. The van der Waals surface area contributed by atoms with Crippen LogP contribution >= 0.6 is 0 Å². The molecule has 0 spiro atoms. The van der Waals surface area contributed by atoms with E-state index in [0.29, 0.717) is 0 Å². The van der Waals surface area contributed by atoms with Crippen molar-refractivity contribution >= 4 is 0 Å². The summed E-state index contributed by atoms with van der Waals surface area (Å²) in [5.74, 6) is 0. The third-order valence-electron chi connectivity index (χ3n) is 0.691. The molecule has 0 saturated carbocycles. The molecule has 0 aliphatic rings. The molecule has 0 aromatic rings. The van der Waals surface area contributed by atoms with Gasteiger partial charge in [-0.15, -0.1) is 6.58 Å². The predicted octanol–water partition coefficient (Wildman–Crippen LogP) is 6.63. The van der Waals surface area contributed by atoms with Crippen molar-refractivity contribution < 1.29 is 0 Å². The van der Waals surface area contributed by atoms with E-state index < -0.39 is 0 Å². The Bertz CT molecular complexity index is 60.4. The first kappa shape index (κ1) is 29.3. The zero-order valence-electron chi connectivity index (χ0n) is 12.9. The van der Waals surface area contributed by atoms with Crippen LogP contribution in [0.5, 0.6) is 0 Å². The highest BCUT2D eigenvalue weighted by Crippen LogP contribution is 1.85. The molecule has 0 atom stereocenters. The Kier molecular flexibility index (Phi) is 204. The minimum atomic E-state index is 1.23. The van der Waals surface area contributed by atoms with Gasteiger partial charge in [0.1, 0.15) is 0 Å². The SMILES string of the molecule is C=CC.CC.CC.CC.CC=CCCC. The van der Waals surface area contributed by atoms with Gasteiger partial charge in [0.15, 0.2) is 0 Å². The summed E-state index contributed by atoms with van der Waals surface area (Å²) in [7, 11) is 0. The first-order chi connectivity index (χ1) is 7.33. The number of allylic oxidation sites excluding steroid dienone is 3. The van der Waals surface area contributed by atoms with Gasteiger partial charge in [-0.05, 0) is 20.3 Å². The first-order valence-corrected chi connectivity index (χ1v) is 6.51. The molecule has 0 aromatic heterocycles. The van der Waals surface area contributed by atoms with Crippen LogP contribution in [0.2, 0.25) is 0 Å². The van der Waals surface area contributed by atoms with E-state index in [4.69, 9.17) is 0 Å². The molecule has 15 heavy (non-hydrogen) atoms. The molecular formula is C15H36. The zero-order chi connectivity index (χ0) is 13.5. The van der Waals surface area contributed by atoms with E-state index in [0.717, 1.165) is 0 Å². The Hall–Kier alpha value is -0.520. The second kappa shape index (κ2) is 105. The van der Waals surface area contributed by atoms with Crippen LogP contribution in [0.15, 0.2) is 24.8 Å². The van der Waals surface area contributed by atoms with Gasteiger partial charge < -0.3 is 0 Å². The molecule has 0 saturated heterocycles. The second-order valence-corrected chi connectivity index (χ2v) is 1.77. The lowest BCUT2D eigenvalue weighted by molar-refractivity contribution is 0.957. The monoisotopic (exact) mass is 216 g/mol. The molecule has 0 heterocycles. The van der Waals surface area contributed by atoms with Gasteiger partial charge in [0.25, 0.3) is 0 Å². The van der Waals surface area contributed by atoms with Crippen LogP contribution in [0.4, 0.5) is 0 Å². The summed E-state index contributed by atoms with van der Waals surface area (Å²) < 4.78 is 0. The Labute approximate surface area is 100 Å². The summed E-state index contributed by atoms with van der Waals surface area (Å²) in [6.07, 6.45) is 8.52. The fourth-order valence-corrected chi connectivity index (χ4v) is 0.333. The van der Waals surface area contributed by atoms with Crippen LogP contribution in [0, 0.1) is 0 Å². The van der Waals surface area contributed by atoms with E-state index in [1.165, 1.54) is 12.8 Å². The van der Waals surface area contributed by atoms with Crippen molar-refractivity contribution in [3.63, 3.8) is 0 Å². The number of hydrogen-bond donors (Lipinski definition) is 0. The van der Waals surface area contributed by atoms with Gasteiger partial charge in [0, 0.05) is 0 Å². The average Bonchev–Trinajstić information content (AvgIpc) is 2.35. The summed E-state index contributed by atoms with van der Waals surface area (Å²) in [5.41, 5.74) is 0. The highest BCUT2D eigenvalue weighted by Gasteiger charge is 1.64. The maximum Gasteiger partial charge on any atom is -0.0353 e. The van der Waals surface area contributed by atoms with Crippen molar-refractivity contribution in [2.45, 2.75) is 75.2 Å². The first-order valence-electron chi connectivity index (χ1n) is 6.51.